The monoisotopic (exact) mass is 280 g/mol. The van der Waals surface area contributed by atoms with Crippen LogP contribution in [-0.2, 0) is 9.59 Å². The molecule has 1 N–H and O–H groups in total. The lowest BCUT2D eigenvalue weighted by Gasteiger charge is -2.28. The maximum atomic E-state index is 12.4. The second-order valence-electron chi connectivity index (χ2n) is 7.03. The molecule has 0 aliphatic heterocycles. The second-order valence-corrected chi connectivity index (χ2v) is 7.03. The average molecular weight is 280 g/mol. The van der Waals surface area contributed by atoms with Crippen molar-refractivity contribution in [2.24, 2.45) is 11.3 Å². The van der Waals surface area contributed by atoms with Crippen molar-refractivity contribution in [3.05, 3.63) is 0 Å². The standard InChI is InChI=1S/C16H28N2O2/c1-4-9-18(13-7-8-13)14(19)10-16(2,3)15(20)17-11-12-5-6-12/h12-13H,4-11H2,1-3H3,(H,17,20). The Morgan fingerprint density at radius 3 is 2.35 bits per heavy atom. The Morgan fingerprint density at radius 2 is 1.85 bits per heavy atom. The number of hydrogen-bond donors (Lipinski definition) is 1. The molecule has 0 saturated heterocycles. The van der Waals surface area contributed by atoms with Gasteiger partial charge in [0.05, 0.1) is 5.41 Å². The van der Waals surface area contributed by atoms with Crippen LogP contribution in [0.5, 0.6) is 0 Å². The molecule has 0 spiro atoms. The third-order valence-corrected chi connectivity index (χ3v) is 4.23. The first-order valence-corrected chi connectivity index (χ1v) is 8.02. The molecule has 0 aromatic heterocycles. The summed E-state index contributed by atoms with van der Waals surface area (Å²) in [6.07, 6.45) is 6.01. The van der Waals surface area contributed by atoms with E-state index in [9.17, 15) is 9.59 Å². The highest BCUT2D eigenvalue weighted by Gasteiger charge is 2.37. The third-order valence-electron chi connectivity index (χ3n) is 4.23. The predicted octanol–water partition coefficient (Wildman–Crippen LogP) is 2.33. The van der Waals surface area contributed by atoms with Gasteiger partial charge in [0.2, 0.25) is 11.8 Å². The van der Waals surface area contributed by atoms with Gasteiger partial charge in [-0.15, -0.1) is 0 Å². The molecule has 0 bridgehead atoms. The number of carbonyl (C=O) groups is 2. The summed E-state index contributed by atoms with van der Waals surface area (Å²) >= 11 is 0. The van der Waals surface area contributed by atoms with Crippen molar-refractivity contribution in [3.8, 4) is 0 Å². The van der Waals surface area contributed by atoms with Gasteiger partial charge in [-0.2, -0.15) is 0 Å². The van der Waals surface area contributed by atoms with E-state index in [1.54, 1.807) is 0 Å². The van der Waals surface area contributed by atoms with E-state index in [1.807, 2.05) is 18.7 Å². The highest BCUT2D eigenvalue weighted by molar-refractivity contribution is 5.88. The number of rotatable bonds is 8. The molecule has 4 nitrogen and oxygen atoms in total. The summed E-state index contributed by atoms with van der Waals surface area (Å²) in [5, 5.41) is 3.00. The lowest BCUT2D eigenvalue weighted by Crippen LogP contribution is -2.43. The van der Waals surface area contributed by atoms with E-state index in [0.717, 1.165) is 32.4 Å². The van der Waals surface area contributed by atoms with E-state index in [-0.39, 0.29) is 11.8 Å². The van der Waals surface area contributed by atoms with Crippen LogP contribution in [0.15, 0.2) is 0 Å². The summed E-state index contributed by atoms with van der Waals surface area (Å²) in [6.45, 7) is 7.45. The first-order valence-electron chi connectivity index (χ1n) is 8.02. The lowest BCUT2D eigenvalue weighted by atomic mass is 9.87. The fraction of sp³-hybridized carbons (Fsp3) is 0.875. The van der Waals surface area contributed by atoms with Crippen LogP contribution in [0.1, 0.15) is 59.3 Å². The molecule has 2 fully saturated rings. The van der Waals surface area contributed by atoms with Crippen molar-refractivity contribution in [1.29, 1.82) is 0 Å². The molecule has 2 saturated carbocycles. The lowest BCUT2D eigenvalue weighted by molar-refractivity contribution is -0.140. The number of amides is 2. The molecule has 2 amide bonds. The van der Waals surface area contributed by atoms with Crippen LogP contribution in [0.2, 0.25) is 0 Å². The van der Waals surface area contributed by atoms with Crippen LogP contribution in [-0.4, -0.2) is 35.8 Å². The fourth-order valence-electron chi connectivity index (χ4n) is 2.50. The summed E-state index contributed by atoms with van der Waals surface area (Å²) in [6, 6.07) is 0.438. The number of nitrogens with zero attached hydrogens (tertiary/aromatic N) is 1. The molecule has 2 rings (SSSR count). The van der Waals surface area contributed by atoms with E-state index < -0.39 is 5.41 Å². The van der Waals surface area contributed by atoms with Gasteiger partial charge in [-0.25, -0.2) is 0 Å². The van der Waals surface area contributed by atoms with Gasteiger partial charge >= 0.3 is 0 Å². The Kier molecular flexibility index (Phi) is 4.71. The second kappa shape index (κ2) is 6.15. The first-order chi connectivity index (χ1) is 9.44. The Bertz CT molecular complexity index is 371. The van der Waals surface area contributed by atoms with Gasteiger partial charge in [0.1, 0.15) is 0 Å². The minimum Gasteiger partial charge on any atom is -0.355 e. The zero-order valence-electron chi connectivity index (χ0n) is 13.1. The molecule has 2 aliphatic rings. The molecule has 0 radical (unpaired) electrons. The van der Waals surface area contributed by atoms with Crippen molar-refractivity contribution < 1.29 is 9.59 Å². The molecule has 20 heavy (non-hydrogen) atoms. The molecule has 0 atom stereocenters. The summed E-state index contributed by atoms with van der Waals surface area (Å²) < 4.78 is 0. The van der Waals surface area contributed by atoms with E-state index in [1.165, 1.54) is 12.8 Å². The van der Waals surface area contributed by atoms with Crippen molar-refractivity contribution in [3.63, 3.8) is 0 Å². The SMILES string of the molecule is CCCN(C(=O)CC(C)(C)C(=O)NCC1CC1)C1CC1. The van der Waals surface area contributed by atoms with E-state index in [2.05, 4.69) is 12.2 Å². The Labute approximate surface area is 122 Å². The third kappa shape index (κ3) is 4.22. The molecule has 0 aromatic rings. The van der Waals surface area contributed by atoms with Crippen molar-refractivity contribution in [2.45, 2.75) is 65.3 Å². The van der Waals surface area contributed by atoms with Gasteiger partial charge in [-0.1, -0.05) is 20.8 Å². The van der Waals surface area contributed by atoms with E-state index in [4.69, 9.17) is 0 Å². The van der Waals surface area contributed by atoms with Crippen LogP contribution in [0.4, 0.5) is 0 Å². The molecule has 4 heteroatoms. The summed E-state index contributed by atoms with van der Waals surface area (Å²) in [7, 11) is 0. The minimum absolute atomic E-state index is 0.0185. The van der Waals surface area contributed by atoms with Gasteiger partial charge in [-0.3, -0.25) is 9.59 Å². The summed E-state index contributed by atoms with van der Waals surface area (Å²) in [5.74, 6) is 0.833. The van der Waals surface area contributed by atoms with E-state index >= 15 is 0 Å². The van der Waals surface area contributed by atoms with Crippen LogP contribution in [0, 0.1) is 11.3 Å². The molecule has 0 heterocycles. The fourth-order valence-corrected chi connectivity index (χ4v) is 2.50. The molecule has 0 unspecified atom stereocenters. The molecule has 114 valence electrons. The highest BCUT2D eigenvalue weighted by atomic mass is 16.2. The number of nitrogens with one attached hydrogen (secondary N) is 1. The van der Waals surface area contributed by atoms with Gasteiger partial charge in [-0.05, 0) is 38.0 Å². The molecular weight excluding hydrogens is 252 g/mol. The maximum absolute atomic E-state index is 12.4. The molecular formula is C16H28N2O2. The smallest absolute Gasteiger partial charge is 0.226 e. The quantitative estimate of drug-likeness (QED) is 0.742. The van der Waals surface area contributed by atoms with Crippen LogP contribution in [0.25, 0.3) is 0 Å². The van der Waals surface area contributed by atoms with Crippen molar-refractivity contribution in [2.75, 3.05) is 13.1 Å². The van der Waals surface area contributed by atoms with Crippen molar-refractivity contribution >= 4 is 11.8 Å². The summed E-state index contributed by atoms with van der Waals surface area (Å²) in [5.41, 5.74) is -0.604. The number of carbonyl (C=O) groups excluding carboxylic acids is 2. The molecule has 2 aliphatic carbocycles. The Balaban J connectivity index is 1.84. The van der Waals surface area contributed by atoms with Gasteiger partial charge < -0.3 is 10.2 Å². The zero-order valence-corrected chi connectivity index (χ0v) is 13.1. The highest BCUT2D eigenvalue weighted by Crippen LogP contribution is 2.31. The zero-order chi connectivity index (χ0) is 14.8. The Hall–Kier alpha value is -1.06. The largest absolute Gasteiger partial charge is 0.355 e. The van der Waals surface area contributed by atoms with Gasteiger partial charge in [0, 0.05) is 25.6 Å². The predicted molar refractivity (Wildman–Crippen MR) is 79.2 cm³/mol. The molecule has 0 aromatic carbocycles. The van der Waals surface area contributed by atoms with E-state index in [0.29, 0.717) is 18.4 Å². The van der Waals surface area contributed by atoms with Crippen LogP contribution < -0.4 is 5.32 Å². The maximum Gasteiger partial charge on any atom is 0.226 e. The topological polar surface area (TPSA) is 49.4 Å². The minimum atomic E-state index is -0.604. The van der Waals surface area contributed by atoms with Gasteiger partial charge in [0.25, 0.3) is 0 Å². The number of hydrogen-bond acceptors (Lipinski definition) is 2. The van der Waals surface area contributed by atoms with Crippen molar-refractivity contribution in [1.82, 2.24) is 10.2 Å². The van der Waals surface area contributed by atoms with Crippen LogP contribution >= 0.6 is 0 Å². The normalized spacial score (nSPS) is 18.8. The van der Waals surface area contributed by atoms with Gasteiger partial charge in [0.15, 0.2) is 0 Å². The summed E-state index contributed by atoms with van der Waals surface area (Å²) in [4.78, 5) is 26.6. The average Bonchev–Trinajstić information content (AvgIpc) is 3.25. The Morgan fingerprint density at radius 1 is 1.20 bits per heavy atom. The first kappa shape index (κ1) is 15.3. The van der Waals surface area contributed by atoms with Crippen LogP contribution in [0.3, 0.4) is 0 Å².